The van der Waals surface area contributed by atoms with Crippen LogP contribution in [0.3, 0.4) is 0 Å². The summed E-state index contributed by atoms with van der Waals surface area (Å²) >= 11 is 0. The number of rotatable bonds is 10. The topological polar surface area (TPSA) is 115 Å². The highest BCUT2D eigenvalue weighted by Gasteiger charge is 2.51. The SMILES string of the molecule is CC(C)C(=O)Nc1ccn([C@H]2C[C@@H](O[P@]3O[C@@H](CS(C)(c4ccccc4)c4ccccc4)[C@H]4CCCN43)[C@@H](CO)O2)c(=O)n1. The quantitative estimate of drug-likeness (QED) is 0.293. The fourth-order valence-corrected chi connectivity index (χ4v) is 11.4. The molecule has 0 saturated carbocycles. The first-order valence-electron chi connectivity index (χ1n) is 15.2. The number of carbonyl (C=O) groups is 1. The molecule has 236 valence electrons. The van der Waals surface area contributed by atoms with Gasteiger partial charge in [-0.05, 0) is 59.2 Å². The number of ether oxygens (including phenoxy) is 1. The number of nitrogens with one attached hydrogen (secondary N) is 1. The molecule has 1 aromatic heterocycles. The largest absolute Gasteiger partial charge is 0.394 e. The van der Waals surface area contributed by atoms with E-state index >= 15 is 0 Å². The summed E-state index contributed by atoms with van der Waals surface area (Å²) in [5.74, 6) is 0.635. The molecule has 3 aliphatic heterocycles. The molecule has 1 amide bonds. The minimum absolute atomic E-state index is 0.00938. The number of hydrogen-bond donors (Lipinski definition) is 2. The van der Waals surface area contributed by atoms with Gasteiger partial charge in [0.25, 0.3) is 8.53 Å². The number of aliphatic hydroxyl groups is 1. The highest BCUT2D eigenvalue weighted by Crippen LogP contribution is 2.64. The Labute approximate surface area is 261 Å². The zero-order chi connectivity index (χ0) is 30.8. The number of aliphatic hydroxyl groups excluding tert-OH is 1. The number of nitrogens with zero attached hydrogens (tertiary/aromatic N) is 3. The number of anilines is 1. The highest BCUT2D eigenvalue weighted by atomic mass is 32.3. The second kappa shape index (κ2) is 13.4. The molecule has 3 aromatic rings. The molecular weight excluding hydrogens is 599 g/mol. The Bertz CT molecular complexity index is 1460. The molecule has 3 fully saturated rings. The maximum absolute atomic E-state index is 12.9. The van der Waals surface area contributed by atoms with Gasteiger partial charge in [-0.2, -0.15) is 15.0 Å². The normalized spacial score (nSPS) is 27.5. The summed E-state index contributed by atoms with van der Waals surface area (Å²) in [5, 5.41) is 12.8. The van der Waals surface area contributed by atoms with E-state index < -0.39 is 42.7 Å². The number of aromatic nitrogens is 2. The molecule has 0 unspecified atom stereocenters. The molecule has 12 heteroatoms. The molecule has 0 bridgehead atoms. The first kappa shape index (κ1) is 31.4. The summed E-state index contributed by atoms with van der Waals surface area (Å²) in [5.41, 5.74) is -0.541. The fourth-order valence-electron chi connectivity index (χ4n) is 6.16. The minimum Gasteiger partial charge on any atom is -0.394 e. The van der Waals surface area contributed by atoms with Crippen molar-refractivity contribution in [3.8, 4) is 0 Å². The minimum atomic E-state index is -1.38. The van der Waals surface area contributed by atoms with Gasteiger partial charge in [0, 0.05) is 36.9 Å². The molecule has 10 nitrogen and oxygen atoms in total. The van der Waals surface area contributed by atoms with E-state index in [1.807, 2.05) is 0 Å². The van der Waals surface area contributed by atoms with E-state index in [0.717, 1.165) is 25.1 Å². The Morgan fingerprint density at radius 3 is 2.41 bits per heavy atom. The molecular formula is C32H41N4O6PS. The van der Waals surface area contributed by atoms with Crippen LogP contribution in [-0.4, -0.2) is 74.7 Å². The van der Waals surface area contributed by atoms with Gasteiger partial charge in [0.05, 0.1) is 18.8 Å². The van der Waals surface area contributed by atoms with Crippen molar-refractivity contribution in [1.29, 1.82) is 0 Å². The van der Waals surface area contributed by atoms with Gasteiger partial charge in [-0.3, -0.25) is 9.36 Å². The Kier molecular flexibility index (Phi) is 9.54. The van der Waals surface area contributed by atoms with Crippen LogP contribution in [0.15, 0.2) is 87.5 Å². The van der Waals surface area contributed by atoms with Gasteiger partial charge in [-0.1, -0.05) is 50.2 Å². The van der Waals surface area contributed by atoms with Crippen molar-refractivity contribution in [3.63, 3.8) is 0 Å². The number of hydrogen-bond acceptors (Lipinski definition) is 8. The van der Waals surface area contributed by atoms with Crippen molar-refractivity contribution in [2.45, 2.75) is 73.5 Å². The van der Waals surface area contributed by atoms with Crippen molar-refractivity contribution in [2.75, 3.05) is 30.5 Å². The molecule has 6 rings (SSSR count). The molecule has 0 aliphatic carbocycles. The molecule has 3 aliphatic rings. The molecule has 3 saturated heterocycles. The van der Waals surface area contributed by atoms with Crippen LogP contribution in [0.5, 0.6) is 0 Å². The lowest BCUT2D eigenvalue weighted by molar-refractivity contribution is -0.118. The average molecular weight is 641 g/mol. The highest BCUT2D eigenvalue weighted by molar-refractivity contribution is 8.33. The summed E-state index contributed by atoms with van der Waals surface area (Å²) in [6, 6.07) is 23.3. The summed E-state index contributed by atoms with van der Waals surface area (Å²) in [7, 11) is -2.75. The van der Waals surface area contributed by atoms with E-state index in [1.54, 1.807) is 26.1 Å². The zero-order valence-electron chi connectivity index (χ0n) is 25.3. The third-order valence-corrected chi connectivity index (χ3v) is 14.1. The van der Waals surface area contributed by atoms with Gasteiger partial charge < -0.3 is 24.2 Å². The van der Waals surface area contributed by atoms with Crippen molar-refractivity contribution in [3.05, 3.63) is 83.4 Å². The Hall–Kier alpha value is -2.63. The fraction of sp³-hybridized carbons (Fsp3) is 0.469. The van der Waals surface area contributed by atoms with E-state index in [4.69, 9.17) is 13.8 Å². The van der Waals surface area contributed by atoms with Gasteiger partial charge in [-0.15, -0.1) is 0 Å². The van der Waals surface area contributed by atoms with Gasteiger partial charge in [-0.25, -0.2) is 9.46 Å². The molecule has 4 heterocycles. The van der Waals surface area contributed by atoms with Crippen LogP contribution in [0.25, 0.3) is 0 Å². The van der Waals surface area contributed by atoms with Gasteiger partial charge in [0.15, 0.2) is 0 Å². The van der Waals surface area contributed by atoms with Crippen LogP contribution in [0, 0.1) is 5.92 Å². The lowest BCUT2D eigenvalue weighted by Crippen LogP contribution is -2.33. The van der Waals surface area contributed by atoms with E-state index in [0.29, 0.717) is 6.42 Å². The number of amides is 1. The predicted octanol–water partition coefficient (Wildman–Crippen LogP) is 5.15. The van der Waals surface area contributed by atoms with Crippen molar-refractivity contribution in [2.24, 2.45) is 5.92 Å². The standard InChI is InChI=1S/C32H41N4O6PS/c1-22(2)31(38)33-29-16-18-35(32(39)34-29)30-19-26(27(20-37)40-30)41-43-36-17-10-15-25(36)28(42-43)21-44(3,23-11-6-4-7-12-23)24-13-8-5-9-14-24/h4-9,11-14,16,18,22,25-28,30,37H,10,15,17,19-21H2,1-3H3,(H,33,34,38,39)/t25-,26-,27-,28+,30-,43-/m1/s1. The van der Waals surface area contributed by atoms with Gasteiger partial charge in [0.2, 0.25) is 5.91 Å². The van der Waals surface area contributed by atoms with E-state index in [9.17, 15) is 14.7 Å². The Morgan fingerprint density at radius 1 is 1.11 bits per heavy atom. The molecule has 0 radical (unpaired) electrons. The first-order chi connectivity index (χ1) is 21.3. The number of fused-ring (bicyclic) bond motifs is 1. The maximum Gasteiger partial charge on any atom is 0.351 e. The molecule has 44 heavy (non-hydrogen) atoms. The lowest BCUT2D eigenvalue weighted by Gasteiger charge is -2.39. The Morgan fingerprint density at radius 2 is 1.80 bits per heavy atom. The summed E-state index contributed by atoms with van der Waals surface area (Å²) in [6.45, 7) is 4.20. The third-order valence-electron chi connectivity index (χ3n) is 8.66. The van der Waals surface area contributed by atoms with Crippen molar-refractivity contribution >= 4 is 30.3 Å². The molecule has 6 atom stereocenters. The summed E-state index contributed by atoms with van der Waals surface area (Å²) in [4.78, 5) is 31.6. The Balaban J connectivity index is 1.18. The van der Waals surface area contributed by atoms with Gasteiger partial charge >= 0.3 is 5.69 Å². The average Bonchev–Trinajstić information content (AvgIpc) is 3.75. The van der Waals surface area contributed by atoms with Crippen LogP contribution in [-0.2, 0) is 18.6 Å². The van der Waals surface area contributed by atoms with Crippen LogP contribution < -0.4 is 11.0 Å². The maximum atomic E-state index is 12.9. The van der Waals surface area contributed by atoms with Crippen LogP contribution in [0.1, 0.15) is 39.3 Å². The van der Waals surface area contributed by atoms with Crippen molar-refractivity contribution in [1.82, 2.24) is 14.2 Å². The lowest BCUT2D eigenvalue weighted by atomic mass is 10.1. The summed E-state index contributed by atoms with van der Waals surface area (Å²) < 4.78 is 23.3. The number of benzene rings is 2. The monoisotopic (exact) mass is 640 g/mol. The third kappa shape index (κ3) is 6.37. The smallest absolute Gasteiger partial charge is 0.351 e. The van der Waals surface area contributed by atoms with Gasteiger partial charge in [0.1, 0.15) is 18.1 Å². The van der Waals surface area contributed by atoms with E-state index in [2.05, 4.69) is 81.9 Å². The number of carbonyl (C=O) groups excluding carboxylic acids is 1. The second-order valence-corrected chi connectivity index (χ2v) is 16.8. The van der Waals surface area contributed by atoms with Crippen LogP contribution in [0.4, 0.5) is 5.82 Å². The zero-order valence-corrected chi connectivity index (χ0v) is 27.0. The first-order valence-corrected chi connectivity index (χ1v) is 18.5. The van der Waals surface area contributed by atoms with Crippen LogP contribution >= 0.6 is 18.6 Å². The van der Waals surface area contributed by atoms with E-state index in [1.165, 1.54) is 14.4 Å². The second-order valence-electron chi connectivity index (χ2n) is 12.0. The van der Waals surface area contributed by atoms with Crippen molar-refractivity contribution < 1.29 is 23.7 Å². The molecule has 2 aromatic carbocycles. The molecule has 2 N–H and O–H groups in total. The predicted molar refractivity (Wildman–Crippen MR) is 172 cm³/mol. The molecule has 0 spiro atoms. The van der Waals surface area contributed by atoms with Crippen LogP contribution in [0.2, 0.25) is 0 Å². The van der Waals surface area contributed by atoms with E-state index in [-0.39, 0.29) is 36.4 Å². The summed E-state index contributed by atoms with van der Waals surface area (Å²) in [6.07, 6.45) is 4.75.